The van der Waals surface area contributed by atoms with Gasteiger partial charge >= 0.3 is 0 Å². The SMILES string of the molecule is CC.CC.CC.CC.CC.CC.CC1(C)CC(C)(c2ccccc2)c2ccccc21.CC1(C)CC2(CC2)c2ccccc21.CC1(C)c2ccccc2C(C)(C)C12CC2.CC1(C)c2ccccc2C(C)(C)C12CCCC2.CC1(C)c2ccccc2C(C)(C)C12CCCCC2.c1ccc2c(c1)C1(CC1)CC21CC1. The van der Waals surface area contributed by atoms with Gasteiger partial charge in [0.15, 0.2) is 0 Å². The standard InChI is InChI=1S/C18H26.C18H20.C17H24.C15H20.C13H14.C13H16.6C2H6/c1-16(2)14-10-6-7-11-15(14)17(3,4)18(16)12-8-5-9-13-18;1-17(2)13-18(3,14-9-5-4-6-10-14)16-12-8-7-11-15(16)17;1-15(2)13-9-5-6-10-14(13)16(3,4)17(15)11-7-8-12-17;1-13(2)11-7-5-6-8-12(11)14(3,4)15(13)9-10-15;1-2-4-11-10(3-1)12(5-6-12)9-13(11)7-8-13;1-12(2)9-13(7-8-13)11-6-4-3-5-10(11)12;6*1-2/h6-7,10-11H,5,8-9,12-13H2,1-4H3;4-12H,13H2,1-3H3;5-6,9-10H,7-8,11-12H2,1-4H3;5-8H,9-10H2,1-4H3;1-4H,5-9H2;3-6H,7-9H2,1-2H3;6*1-2H3. The van der Waals surface area contributed by atoms with Gasteiger partial charge in [-0.3, -0.25) is 0 Å². The summed E-state index contributed by atoms with van der Waals surface area (Å²) in [5.74, 6) is 0. The Labute approximate surface area is 654 Å². The molecule has 0 heterocycles. The number of fused-ring (bicyclic) bond motifs is 9. The summed E-state index contributed by atoms with van der Waals surface area (Å²) < 4.78 is 0. The van der Waals surface area contributed by atoms with Crippen LogP contribution in [-0.4, -0.2) is 0 Å². The van der Waals surface area contributed by atoms with Gasteiger partial charge in [-0.05, 0) is 244 Å². The van der Waals surface area contributed by atoms with Crippen LogP contribution in [0.4, 0.5) is 0 Å². The highest BCUT2D eigenvalue weighted by atomic mass is 14.7. The van der Waals surface area contributed by atoms with Crippen LogP contribution in [0.25, 0.3) is 0 Å². The molecule has 1 atom stereocenters. The molecule has 1 unspecified atom stereocenters. The van der Waals surface area contributed by atoms with Gasteiger partial charge in [0.1, 0.15) is 0 Å². The van der Waals surface area contributed by atoms with Crippen molar-refractivity contribution in [1.29, 1.82) is 0 Å². The Kier molecular flexibility index (Phi) is 26.4. The molecule has 7 aromatic rings. The third kappa shape index (κ3) is 14.1. The summed E-state index contributed by atoms with van der Waals surface area (Å²) in [5.41, 5.74) is 27.1. The van der Waals surface area contributed by atoms with Crippen LogP contribution >= 0.6 is 0 Å². The zero-order chi connectivity index (χ0) is 78.7. The molecule has 6 spiro atoms. The Hall–Kier alpha value is -5.46. The van der Waals surface area contributed by atoms with Gasteiger partial charge in [-0.2, -0.15) is 0 Å². The van der Waals surface area contributed by atoms with E-state index in [1.54, 1.807) is 55.6 Å². The minimum atomic E-state index is 0.154. The number of rotatable bonds is 1. The lowest BCUT2D eigenvalue weighted by atomic mass is 9.51. The summed E-state index contributed by atoms with van der Waals surface area (Å²) in [6.45, 7) is 65.5. The van der Waals surface area contributed by atoms with Gasteiger partial charge in [-0.1, -0.05) is 409 Å². The molecule has 0 amide bonds. The van der Waals surface area contributed by atoms with Crippen LogP contribution < -0.4 is 0 Å². The van der Waals surface area contributed by atoms with Crippen LogP contribution in [-0.2, 0) is 65.0 Å². The first kappa shape index (κ1) is 86.1. The number of benzene rings is 7. The van der Waals surface area contributed by atoms with E-state index in [0.29, 0.717) is 70.4 Å². The van der Waals surface area contributed by atoms with Gasteiger partial charge in [0.05, 0.1) is 0 Å². The van der Waals surface area contributed by atoms with Gasteiger partial charge in [-0.15, -0.1) is 0 Å². The van der Waals surface area contributed by atoms with Crippen molar-refractivity contribution < 1.29 is 0 Å². The molecule has 0 aliphatic heterocycles. The molecule has 19 rings (SSSR count). The summed E-state index contributed by atoms with van der Waals surface area (Å²) in [6.07, 6.45) is 28.3. The maximum atomic E-state index is 2.49. The summed E-state index contributed by atoms with van der Waals surface area (Å²) in [6, 6.07) is 65.5. The first-order valence-corrected chi connectivity index (χ1v) is 44.0. The van der Waals surface area contributed by atoms with Crippen LogP contribution in [0.1, 0.15) is 402 Å². The van der Waals surface area contributed by atoms with Crippen molar-refractivity contribution in [1.82, 2.24) is 0 Å². The van der Waals surface area contributed by atoms with E-state index in [-0.39, 0.29) is 10.8 Å². The third-order valence-corrected chi connectivity index (χ3v) is 30.7. The van der Waals surface area contributed by atoms with Gasteiger partial charge in [-0.25, -0.2) is 0 Å². The Morgan fingerprint density at radius 3 is 0.670 bits per heavy atom. The second kappa shape index (κ2) is 32.5. The Bertz CT molecular complexity index is 3720. The number of hydrogen-bond acceptors (Lipinski definition) is 0. The lowest BCUT2D eigenvalue weighted by Gasteiger charge is -2.52. The molecule has 0 nitrogen and oxygen atoms in total. The monoisotopic (exact) mass is 1430 g/mol. The van der Waals surface area contributed by atoms with E-state index in [9.17, 15) is 0 Å². The zero-order valence-electron chi connectivity index (χ0n) is 73.9. The van der Waals surface area contributed by atoms with Crippen molar-refractivity contribution in [2.24, 2.45) is 16.2 Å². The second-order valence-electron chi connectivity index (χ2n) is 37.9. The van der Waals surface area contributed by atoms with Gasteiger partial charge in [0, 0.05) is 5.41 Å². The largest absolute Gasteiger partial charge is 0.0683 e. The molecule has 7 aromatic carbocycles. The zero-order valence-corrected chi connectivity index (χ0v) is 73.9. The molecule has 580 valence electrons. The molecule has 0 N–H and O–H groups in total. The molecule has 0 radical (unpaired) electrons. The van der Waals surface area contributed by atoms with Gasteiger partial charge < -0.3 is 0 Å². The number of hydrogen-bond donors (Lipinski definition) is 0. The average molecular weight is 1430 g/mol. The van der Waals surface area contributed by atoms with Gasteiger partial charge in [0.2, 0.25) is 0 Å². The highest BCUT2D eigenvalue weighted by molar-refractivity contribution is 5.56. The third-order valence-electron chi connectivity index (χ3n) is 30.7. The predicted octanol–water partition coefficient (Wildman–Crippen LogP) is 31.4. The molecule has 6 saturated carbocycles. The maximum Gasteiger partial charge on any atom is 0.0185 e. The van der Waals surface area contributed by atoms with E-state index in [4.69, 9.17) is 0 Å². The van der Waals surface area contributed by atoms with Crippen LogP contribution in [0.3, 0.4) is 0 Å². The molecule has 6 fully saturated rings. The summed E-state index contributed by atoms with van der Waals surface area (Å²) in [4.78, 5) is 0. The summed E-state index contributed by atoms with van der Waals surface area (Å²) in [5, 5.41) is 0. The Morgan fingerprint density at radius 1 is 0.179 bits per heavy atom. The van der Waals surface area contributed by atoms with Crippen LogP contribution in [0.15, 0.2) is 176 Å². The minimum absolute atomic E-state index is 0.154. The van der Waals surface area contributed by atoms with Crippen molar-refractivity contribution >= 4 is 0 Å². The topological polar surface area (TPSA) is 0 Å². The van der Waals surface area contributed by atoms with Crippen molar-refractivity contribution in [3.05, 3.63) is 248 Å². The van der Waals surface area contributed by atoms with Crippen molar-refractivity contribution in [3.63, 3.8) is 0 Å². The second-order valence-corrected chi connectivity index (χ2v) is 37.9. The fourth-order valence-electron chi connectivity index (χ4n) is 24.9. The summed E-state index contributed by atoms with van der Waals surface area (Å²) in [7, 11) is 0. The molecule has 0 aromatic heterocycles. The van der Waals surface area contributed by atoms with Crippen molar-refractivity contribution in [3.8, 4) is 0 Å². The lowest BCUT2D eigenvalue weighted by Crippen LogP contribution is -2.48. The van der Waals surface area contributed by atoms with E-state index < -0.39 is 0 Å². The van der Waals surface area contributed by atoms with Crippen LogP contribution in [0, 0.1) is 16.2 Å². The molecular formula is C106H156. The quantitative estimate of drug-likeness (QED) is 0.154. The lowest BCUT2D eigenvalue weighted by molar-refractivity contribution is 0.0298. The maximum absolute atomic E-state index is 2.49. The predicted molar refractivity (Wildman–Crippen MR) is 469 cm³/mol. The van der Waals surface area contributed by atoms with Crippen LogP contribution in [0.2, 0.25) is 0 Å². The first-order chi connectivity index (χ1) is 50.3. The fraction of sp³-hybridized carbons (Fsp3) is 0.604. The Morgan fingerprint density at radius 2 is 0.387 bits per heavy atom. The minimum Gasteiger partial charge on any atom is -0.0683 e. The molecule has 0 saturated heterocycles. The van der Waals surface area contributed by atoms with Crippen LogP contribution in [0.5, 0.6) is 0 Å². The highest BCUT2D eigenvalue weighted by Crippen LogP contribution is 2.75. The molecule has 106 heavy (non-hydrogen) atoms. The summed E-state index contributed by atoms with van der Waals surface area (Å²) >= 11 is 0. The van der Waals surface area contributed by atoms with Crippen molar-refractivity contribution in [2.45, 2.75) is 394 Å². The van der Waals surface area contributed by atoms with E-state index in [2.05, 4.69) is 294 Å². The van der Waals surface area contributed by atoms with Gasteiger partial charge in [0.25, 0.3) is 0 Å². The van der Waals surface area contributed by atoms with E-state index in [0.717, 1.165) is 0 Å². The molecule has 0 heteroatoms. The smallest absolute Gasteiger partial charge is 0.0185 e. The average Bonchev–Trinajstić information content (AvgIpc) is 1.52. The Balaban J connectivity index is 0.000000156. The molecule has 12 aliphatic rings. The van der Waals surface area contributed by atoms with Crippen molar-refractivity contribution in [2.75, 3.05) is 0 Å². The van der Waals surface area contributed by atoms with E-state index >= 15 is 0 Å². The van der Waals surface area contributed by atoms with E-state index in [1.807, 2.05) is 83.1 Å². The normalized spacial score (nSPS) is 24.2. The first-order valence-electron chi connectivity index (χ1n) is 44.0. The molecule has 12 aliphatic carbocycles. The highest BCUT2D eigenvalue weighted by Gasteiger charge is 2.69. The van der Waals surface area contributed by atoms with E-state index in [1.165, 1.54) is 145 Å². The fourth-order valence-corrected chi connectivity index (χ4v) is 24.9. The molecule has 0 bridgehead atoms. The molecular weight excluding hydrogens is 1270 g/mol.